The van der Waals surface area contributed by atoms with Gasteiger partial charge in [0.25, 0.3) is 0 Å². The molecular weight excluding hydrogens is 386 g/mol. The fraction of sp³-hybridized carbons (Fsp3) is 0.269. The number of aryl methyl sites for hydroxylation is 1. The number of rotatable bonds is 9. The zero-order valence-electron chi connectivity index (χ0n) is 17.8. The van der Waals surface area contributed by atoms with Gasteiger partial charge >= 0.3 is 0 Å². The van der Waals surface area contributed by atoms with E-state index in [9.17, 15) is 4.79 Å². The lowest BCUT2D eigenvalue weighted by atomic mass is 10.0. The molecule has 4 rings (SSSR count). The van der Waals surface area contributed by atoms with E-state index in [1.54, 1.807) is 0 Å². The molecule has 0 N–H and O–H groups in total. The van der Waals surface area contributed by atoms with Crippen molar-refractivity contribution in [3.63, 3.8) is 0 Å². The van der Waals surface area contributed by atoms with Crippen LogP contribution < -0.4 is 4.74 Å². The average molecular weight is 414 g/mol. The molecule has 3 aromatic carbocycles. The molecule has 5 heteroatoms. The molecular formula is C26H27N3O2. The van der Waals surface area contributed by atoms with Gasteiger partial charge in [-0.2, -0.15) is 4.68 Å². The van der Waals surface area contributed by atoms with Gasteiger partial charge in [-0.1, -0.05) is 73.5 Å². The first-order valence-corrected chi connectivity index (χ1v) is 10.9. The molecule has 1 heterocycles. The number of carbonyl (C=O) groups is 1. The molecule has 158 valence electrons. The van der Waals surface area contributed by atoms with Gasteiger partial charge in [-0.25, -0.2) is 0 Å². The van der Waals surface area contributed by atoms with Crippen molar-refractivity contribution in [1.29, 1.82) is 0 Å². The van der Waals surface area contributed by atoms with E-state index < -0.39 is 0 Å². The number of hydrogen-bond acceptors (Lipinski definition) is 4. The third-order valence-electron chi connectivity index (χ3n) is 5.37. The molecule has 0 fully saturated rings. The molecule has 0 saturated heterocycles. The summed E-state index contributed by atoms with van der Waals surface area (Å²) in [6.45, 7) is 2.96. The van der Waals surface area contributed by atoms with E-state index in [1.165, 1.54) is 17.5 Å². The quantitative estimate of drug-likeness (QED) is 0.319. The molecule has 0 atom stereocenters. The van der Waals surface area contributed by atoms with Gasteiger partial charge in [-0.15, -0.1) is 5.10 Å². The number of unbranched alkanes of at least 4 members (excludes halogenated alkanes) is 2. The van der Waals surface area contributed by atoms with Crippen LogP contribution >= 0.6 is 0 Å². The highest BCUT2D eigenvalue weighted by atomic mass is 16.5. The predicted molar refractivity (Wildman–Crippen MR) is 123 cm³/mol. The van der Waals surface area contributed by atoms with Crippen molar-refractivity contribution < 1.29 is 9.53 Å². The maximum Gasteiger partial charge on any atom is 0.249 e. The van der Waals surface area contributed by atoms with E-state index >= 15 is 0 Å². The van der Waals surface area contributed by atoms with Crippen molar-refractivity contribution in [1.82, 2.24) is 15.0 Å². The van der Waals surface area contributed by atoms with Gasteiger partial charge in [-0.05, 0) is 53.8 Å². The molecule has 5 nitrogen and oxygen atoms in total. The van der Waals surface area contributed by atoms with Crippen LogP contribution in [0.4, 0.5) is 0 Å². The molecule has 1 aromatic heterocycles. The summed E-state index contributed by atoms with van der Waals surface area (Å²) in [5.74, 6) is 0.864. The Morgan fingerprint density at radius 3 is 2.35 bits per heavy atom. The van der Waals surface area contributed by atoms with Crippen LogP contribution in [0.2, 0.25) is 0 Å². The molecule has 0 aliphatic heterocycles. The second kappa shape index (κ2) is 10.0. The summed E-state index contributed by atoms with van der Waals surface area (Å²) in [6, 6.07) is 24.1. The van der Waals surface area contributed by atoms with E-state index in [-0.39, 0.29) is 5.91 Å². The minimum Gasteiger partial charge on any atom is -0.494 e. The van der Waals surface area contributed by atoms with Crippen LogP contribution in [0.15, 0.2) is 72.8 Å². The fourth-order valence-electron chi connectivity index (χ4n) is 3.56. The smallest absolute Gasteiger partial charge is 0.249 e. The fourth-order valence-corrected chi connectivity index (χ4v) is 3.56. The number of benzene rings is 3. The van der Waals surface area contributed by atoms with E-state index in [4.69, 9.17) is 4.74 Å². The summed E-state index contributed by atoms with van der Waals surface area (Å²) in [4.78, 5) is 12.6. The van der Waals surface area contributed by atoms with Crippen molar-refractivity contribution in [2.75, 3.05) is 6.61 Å². The van der Waals surface area contributed by atoms with Crippen LogP contribution in [-0.2, 0) is 6.42 Å². The van der Waals surface area contributed by atoms with Gasteiger partial charge in [-0.3, -0.25) is 4.79 Å². The number of para-hydroxylation sites is 1. The van der Waals surface area contributed by atoms with Crippen LogP contribution in [-0.4, -0.2) is 27.5 Å². The average Bonchev–Trinajstić information content (AvgIpc) is 3.25. The number of ether oxygens (including phenoxy) is 1. The van der Waals surface area contributed by atoms with Crippen LogP contribution in [0.5, 0.6) is 5.75 Å². The Hall–Kier alpha value is -3.47. The number of fused-ring (bicyclic) bond motifs is 1. The summed E-state index contributed by atoms with van der Waals surface area (Å²) >= 11 is 0. The SMILES string of the molecule is CCCCCOc1ccc(-c2ccc(CCC(=O)n3nnc4ccccc43)cc2)cc1. The van der Waals surface area contributed by atoms with Crippen molar-refractivity contribution in [2.24, 2.45) is 0 Å². The maximum absolute atomic E-state index is 12.6. The second-order valence-corrected chi connectivity index (χ2v) is 7.66. The Morgan fingerprint density at radius 1 is 0.903 bits per heavy atom. The second-order valence-electron chi connectivity index (χ2n) is 7.66. The largest absolute Gasteiger partial charge is 0.494 e. The molecule has 31 heavy (non-hydrogen) atoms. The standard InChI is InChI=1S/C26H27N3O2/c1-2-3-6-19-31-23-16-14-22(15-17-23)21-12-9-20(10-13-21)11-18-26(30)29-25-8-5-4-7-24(25)27-28-29/h4-5,7-10,12-17H,2-3,6,11,18-19H2,1H3. The predicted octanol–water partition coefficient (Wildman–Crippen LogP) is 5.94. The first-order valence-electron chi connectivity index (χ1n) is 10.9. The number of aromatic nitrogens is 3. The van der Waals surface area contributed by atoms with Crippen molar-refractivity contribution >= 4 is 16.9 Å². The van der Waals surface area contributed by atoms with Gasteiger partial charge in [0.05, 0.1) is 12.1 Å². The van der Waals surface area contributed by atoms with E-state index in [0.717, 1.165) is 46.5 Å². The highest BCUT2D eigenvalue weighted by molar-refractivity contribution is 5.88. The molecule has 0 aliphatic rings. The molecule has 0 radical (unpaired) electrons. The van der Waals surface area contributed by atoms with E-state index in [1.807, 2.05) is 36.4 Å². The van der Waals surface area contributed by atoms with Crippen LogP contribution in [0.1, 0.15) is 43.0 Å². The lowest BCUT2D eigenvalue weighted by Gasteiger charge is -2.08. The number of carbonyl (C=O) groups excluding carboxylic acids is 1. The van der Waals surface area contributed by atoms with Crippen LogP contribution in [0, 0.1) is 0 Å². The van der Waals surface area contributed by atoms with Crippen molar-refractivity contribution in [3.8, 4) is 16.9 Å². The molecule has 4 aromatic rings. The Morgan fingerprint density at radius 2 is 1.61 bits per heavy atom. The van der Waals surface area contributed by atoms with Crippen molar-refractivity contribution in [2.45, 2.75) is 39.0 Å². The highest BCUT2D eigenvalue weighted by Gasteiger charge is 2.11. The summed E-state index contributed by atoms with van der Waals surface area (Å²) in [6.07, 6.45) is 4.54. The molecule has 0 aliphatic carbocycles. The third kappa shape index (κ3) is 5.18. The van der Waals surface area contributed by atoms with Gasteiger partial charge in [0.1, 0.15) is 11.3 Å². The van der Waals surface area contributed by atoms with E-state index in [0.29, 0.717) is 12.8 Å². The Bertz CT molecular complexity index is 1130. The van der Waals surface area contributed by atoms with Gasteiger partial charge in [0.15, 0.2) is 0 Å². The maximum atomic E-state index is 12.6. The van der Waals surface area contributed by atoms with Crippen LogP contribution in [0.3, 0.4) is 0 Å². The number of nitrogens with zero attached hydrogens (tertiary/aromatic N) is 3. The molecule has 0 spiro atoms. The van der Waals surface area contributed by atoms with Gasteiger partial charge < -0.3 is 4.74 Å². The monoisotopic (exact) mass is 413 g/mol. The Balaban J connectivity index is 1.33. The summed E-state index contributed by atoms with van der Waals surface area (Å²) in [5, 5.41) is 8.06. The van der Waals surface area contributed by atoms with Crippen molar-refractivity contribution in [3.05, 3.63) is 78.4 Å². The molecule has 0 amide bonds. The van der Waals surface area contributed by atoms with Crippen LogP contribution in [0.25, 0.3) is 22.2 Å². The number of hydrogen-bond donors (Lipinski definition) is 0. The minimum absolute atomic E-state index is 0.0488. The lowest BCUT2D eigenvalue weighted by Crippen LogP contribution is -2.13. The molecule has 0 unspecified atom stereocenters. The molecule has 0 saturated carbocycles. The zero-order chi connectivity index (χ0) is 21.5. The first kappa shape index (κ1) is 20.8. The third-order valence-corrected chi connectivity index (χ3v) is 5.37. The summed E-state index contributed by atoms with van der Waals surface area (Å²) in [5.41, 5.74) is 4.91. The lowest BCUT2D eigenvalue weighted by molar-refractivity contribution is 0.0890. The van der Waals surface area contributed by atoms with Gasteiger partial charge in [0.2, 0.25) is 5.91 Å². The Labute approximate surface area is 182 Å². The summed E-state index contributed by atoms with van der Waals surface area (Å²) < 4.78 is 7.18. The summed E-state index contributed by atoms with van der Waals surface area (Å²) in [7, 11) is 0. The normalized spacial score (nSPS) is 11.0. The minimum atomic E-state index is -0.0488. The zero-order valence-corrected chi connectivity index (χ0v) is 17.8. The van der Waals surface area contributed by atoms with E-state index in [2.05, 4.69) is 53.6 Å². The first-order chi connectivity index (χ1) is 15.2. The highest BCUT2D eigenvalue weighted by Crippen LogP contribution is 2.23. The topological polar surface area (TPSA) is 57.0 Å². The Kier molecular flexibility index (Phi) is 6.72. The molecule has 0 bridgehead atoms. The van der Waals surface area contributed by atoms with Gasteiger partial charge in [0, 0.05) is 6.42 Å².